The molecule has 2 aromatic heterocycles. The molecule has 0 aliphatic carbocycles. The van der Waals surface area contributed by atoms with Gasteiger partial charge < -0.3 is 5.73 Å². The van der Waals surface area contributed by atoms with Crippen LogP contribution in [0.4, 0.5) is 0 Å². The lowest BCUT2D eigenvalue weighted by atomic mass is 9.98. The third-order valence-corrected chi connectivity index (χ3v) is 5.62. The van der Waals surface area contributed by atoms with Crippen LogP contribution in [-0.4, -0.2) is 20.9 Å². The predicted octanol–water partition coefficient (Wildman–Crippen LogP) is 4.31. The predicted molar refractivity (Wildman–Crippen MR) is 102 cm³/mol. The Morgan fingerprint density at radius 2 is 2.00 bits per heavy atom. The van der Waals surface area contributed by atoms with Crippen LogP contribution in [0, 0.1) is 0 Å². The zero-order valence-corrected chi connectivity index (χ0v) is 16.6. The Bertz CT molecular complexity index is 644. The summed E-state index contributed by atoms with van der Waals surface area (Å²) in [6.45, 7) is 13.7. The number of aromatic nitrogens is 2. The summed E-state index contributed by atoms with van der Waals surface area (Å²) in [6.07, 6.45) is 2.73. The van der Waals surface area contributed by atoms with Crippen LogP contribution in [0.3, 0.4) is 0 Å². The standard InChI is InChI=1S/C17H28N4S2/c1-7-21-13(8-9-19-21)12-10-15(23-20-16(2,3)4)22-14(12)11-17(5,6)18/h8-10,20H,7,11,18H2,1-6H3. The van der Waals surface area contributed by atoms with Gasteiger partial charge in [0.05, 0.1) is 9.90 Å². The second-order valence-electron chi connectivity index (χ2n) is 7.55. The van der Waals surface area contributed by atoms with E-state index in [-0.39, 0.29) is 11.1 Å². The molecule has 0 saturated heterocycles. The Balaban J connectivity index is 2.36. The van der Waals surface area contributed by atoms with Crippen molar-refractivity contribution in [2.75, 3.05) is 0 Å². The number of aryl methyl sites for hydroxylation is 1. The first-order chi connectivity index (χ1) is 10.6. The summed E-state index contributed by atoms with van der Waals surface area (Å²) in [5.41, 5.74) is 8.55. The van der Waals surface area contributed by atoms with Crippen molar-refractivity contribution in [1.29, 1.82) is 0 Å². The number of nitrogens with two attached hydrogens (primary N) is 1. The fourth-order valence-electron chi connectivity index (χ4n) is 2.23. The summed E-state index contributed by atoms with van der Waals surface area (Å²) in [4.78, 5) is 1.32. The highest BCUT2D eigenvalue weighted by Crippen LogP contribution is 2.38. The van der Waals surface area contributed by atoms with E-state index >= 15 is 0 Å². The maximum Gasteiger partial charge on any atom is 0.0761 e. The van der Waals surface area contributed by atoms with Gasteiger partial charge in [0.15, 0.2) is 0 Å². The largest absolute Gasteiger partial charge is 0.325 e. The van der Waals surface area contributed by atoms with Crippen LogP contribution in [-0.2, 0) is 13.0 Å². The minimum Gasteiger partial charge on any atom is -0.325 e. The lowest BCUT2D eigenvalue weighted by molar-refractivity contribution is 0.521. The van der Waals surface area contributed by atoms with Gasteiger partial charge in [-0.25, -0.2) is 0 Å². The molecule has 2 heterocycles. The van der Waals surface area contributed by atoms with E-state index in [4.69, 9.17) is 5.73 Å². The van der Waals surface area contributed by atoms with E-state index in [0.717, 1.165) is 13.0 Å². The van der Waals surface area contributed by atoms with Crippen molar-refractivity contribution in [2.45, 2.75) is 69.8 Å². The van der Waals surface area contributed by atoms with Crippen molar-refractivity contribution in [3.05, 3.63) is 23.2 Å². The van der Waals surface area contributed by atoms with E-state index in [1.54, 1.807) is 11.9 Å². The molecule has 0 aliphatic rings. The first kappa shape index (κ1) is 18.5. The minimum absolute atomic E-state index is 0.0767. The van der Waals surface area contributed by atoms with E-state index in [0.29, 0.717) is 0 Å². The second kappa shape index (κ2) is 6.97. The highest BCUT2D eigenvalue weighted by molar-refractivity contribution is 7.99. The van der Waals surface area contributed by atoms with E-state index in [1.807, 2.05) is 22.2 Å². The topological polar surface area (TPSA) is 55.9 Å². The number of nitrogens with zero attached hydrogens (tertiary/aromatic N) is 2. The Hall–Kier alpha value is -0.820. The van der Waals surface area contributed by atoms with Crippen molar-refractivity contribution in [3.63, 3.8) is 0 Å². The maximum absolute atomic E-state index is 6.27. The molecule has 0 amide bonds. The highest BCUT2D eigenvalue weighted by Gasteiger charge is 2.21. The van der Waals surface area contributed by atoms with Crippen molar-refractivity contribution < 1.29 is 0 Å². The molecule has 0 aliphatic heterocycles. The lowest BCUT2D eigenvalue weighted by Crippen LogP contribution is -2.34. The molecule has 0 spiro atoms. The number of rotatable bonds is 6. The van der Waals surface area contributed by atoms with Crippen LogP contribution in [0.25, 0.3) is 11.3 Å². The fraction of sp³-hybridized carbons (Fsp3) is 0.588. The number of thiophene rings is 1. The van der Waals surface area contributed by atoms with Crippen molar-refractivity contribution in [1.82, 2.24) is 14.5 Å². The number of nitrogens with one attached hydrogen (secondary N) is 1. The molecule has 0 radical (unpaired) electrons. The quantitative estimate of drug-likeness (QED) is 0.761. The van der Waals surface area contributed by atoms with Crippen molar-refractivity contribution in [3.8, 4) is 11.3 Å². The van der Waals surface area contributed by atoms with Crippen LogP contribution in [0.5, 0.6) is 0 Å². The van der Waals surface area contributed by atoms with E-state index < -0.39 is 0 Å². The zero-order chi connectivity index (χ0) is 17.3. The first-order valence-electron chi connectivity index (χ1n) is 7.97. The van der Waals surface area contributed by atoms with Gasteiger partial charge >= 0.3 is 0 Å². The molecule has 4 nitrogen and oxygen atoms in total. The minimum atomic E-state index is -0.226. The summed E-state index contributed by atoms with van der Waals surface area (Å²) < 4.78 is 6.79. The highest BCUT2D eigenvalue weighted by atomic mass is 32.2. The Kier molecular flexibility index (Phi) is 5.61. The van der Waals surface area contributed by atoms with Gasteiger partial charge in [-0.1, -0.05) is 0 Å². The molecule has 0 aromatic carbocycles. The smallest absolute Gasteiger partial charge is 0.0761 e. The molecule has 2 aromatic rings. The lowest BCUT2D eigenvalue weighted by Gasteiger charge is -2.19. The van der Waals surface area contributed by atoms with Gasteiger partial charge in [0.1, 0.15) is 0 Å². The normalized spacial score (nSPS) is 12.8. The molecule has 6 heteroatoms. The first-order valence-corrected chi connectivity index (χ1v) is 9.60. The maximum atomic E-state index is 6.27. The summed E-state index contributed by atoms with van der Waals surface area (Å²) in [5, 5.41) is 4.41. The van der Waals surface area contributed by atoms with Gasteiger partial charge in [-0.05, 0) is 72.0 Å². The van der Waals surface area contributed by atoms with Crippen LogP contribution >= 0.6 is 23.3 Å². The third-order valence-electron chi connectivity index (χ3n) is 3.15. The third kappa shape index (κ3) is 5.35. The molecule has 0 fully saturated rings. The Morgan fingerprint density at radius 1 is 1.30 bits per heavy atom. The van der Waals surface area contributed by atoms with Crippen molar-refractivity contribution in [2.24, 2.45) is 5.73 Å². The Morgan fingerprint density at radius 3 is 2.57 bits per heavy atom. The van der Waals surface area contributed by atoms with Crippen LogP contribution in [0.1, 0.15) is 46.4 Å². The second-order valence-corrected chi connectivity index (χ2v) is 9.80. The summed E-state index contributed by atoms with van der Waals surface area (Å²) >= 11 is 3.52. The van der Waals surface area contributed by atoms with Gasteiger partial charge in [0.2, 0.25) is 0 Å². The number of hydrogen-bond donors (Lipinski definition) is 2. The van der Waals surface area contributed by atoms with Crippen LogP contribution in [0.15, 0.2) is 22.5 Å². The fourth-order valence-corrected chi connectivity index (χ4v) is 4.55. The van der Waals surface area contributed by atoms with Crippen molar-refractivity contribution >= 4 is 23.3 Å². The summed E-state index contributed by atoms with van der Waals surface area (Å²) in [6, 6.07) is 4.35. The average molecular weight is 353 g/mol. The van der Waals surface area contributed by atoms with E-state index in [9.17, 15) is 0 Å². The summed E-state index contributed by atoms with van der Waals surface area (Å²) in [5.74, 6) is 0. The molecule has 3 N–H and O–H groups in total. The van der Waals surface area contributed by atoms with Crippen LogP contribution < -0.4 is 10.5 Å². The number of hydrogen-bond acceptors (Lipinski definition) is 5. The van der Waals surface area contributed by atoms with Gasteiger partial charge in [0.25, 0.3) is 0 Å². The van der Waals surface area contributed by atoms with Gasteiger partial charge in [-0.3, -0.25) is 9.40 Å². The molecule has 23 heavy (non-hydrogen) atoms. The molecule has 0 unspecified atom stereocenters. The molecule has 0 bridgehead atoms. The van der Waals surface area contributed by atoms with Gasteiger partial charge in [0, 0.05) is 34.3 Å². The molecular weight excluding hydrogens is 324 g/mol. The average Bonchev–Trinajstić information content (AvgIpc) is 2.99. The van der Waals surface area contributed by atoms with E-state index in [1.165, 1.54) is 20.3 Å². The Labute approximate surface area is 148 Å². The molecule has 0 saturated carbocycles. The van der Waals surface area contributed by atoms with Gasteiger partial charge in [-0.15, -0.1) is 11.3 Å². The molecule has 128 valence electrons. The molecular formula is C17H28N4S2. The monoisotopic (exact) mass is 352 g/mol. The molecule has 0 atom stereocenters. The summed E-state index contributed by atoms with van der Waals surface area (Å²) in [7, 11) is 0. The van der Waals surface area contributed by atoms with Gasteiger partial charge in [-0.2, -0.15) is 5.10 Å². The molecule has 2 rings (SSSR count). The van der Waals surface area contributed by atoms with Crippen LogP contribution in [0.2, 0.25) is 0 Å². The zero-order valence-electron chi connectivity index (χ0n) is 14.9. The SMILES string of the molecule is CCn1nccc1-c1cc(SNC(C)(C)C)sc1CC(C)(C)N. The van der Waals surface area contributed by atoms with E-state index in [2.05, 4.69) is 63.5 Å².